The van der Waals surface area contributed by atoms with Crippen LogP contribution in [0.5, 0.6) is 0 Å². The number of carbonyl (C=O) groups excluding carboxylic acids is 2. The molecule has 21 heavy (non-hydrogen) atoms. The van der Waals surface area contributed by atoms with E-state index in [1.54, 1.807) is 0 Å². The van der Waals surface area contributed by atoms with Gasteiger partial charge >= 0.3 is 5.97 Å². The molecule has 8 heteroatoms. The van der Waals surface area contributed by atoms with Crippen molar-refractivity contribution in [2.45, 2.75) is 33.9 Å². The second kappa shape index (κ2) is 6.29. The highest BCUT2D eigenvalue weighted by molar-refractivity contribution is 5.99. The number of esters is 1. The summed E-state index contributed by atoms with van der Waals surface area (Å²) in [6.07, 6.45) is 1.30. The Morgan fingerprint density at radius 2 is 2.10 bits per heavy atom. The molecule has 8 nitrogen and oxygen atoms in total. The number of Topliss-reactive ketones (excluding diaryl/α,β-unsaturated/α-hetero) is 1. The monoisotopic (exact) mass is 291 g/mol. The Morgan fingerprint density at radius 3 is 2.67 bits per heavy atom. The van der Waals surface area contributed by atoms with Crippen LogP contribution in [0.3, 0.4) is 0 Å². The minimum atomic E-state index is -0.556. The van der Waals surface area contributed by atoms with Crippen LogP contribution < -0.4 is 0 Å². The fourth-order valence-corrected chi connectivity index (χ4v) is 2.22. The highest BCUT2D eigenvalue weighted by Gasteiger charge is 2.17. The van der Waals surface area contributed by atoms with Gasteiger partial charge in [-0.1, -0.05) is 0 Å². The molecule has 2 heterocycles. The third-order valence-electron chi connectivity index (χ3n) is 3.24. The molecule has 0 atom stereocenters. The summed E-state index contributed by atoms with van der Waals surface area (Å²) in [7, 11) is 0. The first-order chi connectivity index (χ1) is 10.0. The minimum absolute atomic E-state index is 0.117. The molecule has 0 aliphatic heterocycles. The lowest BCUT2D eigenvalue weighted by atomic mass is 10.1. The molecule has 0 fully saturated rings. The van der Waals surface area contributed by atoms with Crippen LogP contribution in [0, 0.1) is 13.8 Å². The maximum Gasteiger partial charge on any atom is 0.328 e. The highest BCUT2D eigenvalue weighted by atomic mass is 16.5. The number of hydrogen-bond donors (Lipinski definition) is 0. The smallest absolute Gasteiger partial charge is 0.328 e. The molecular formula is C13H17N5O3. The third-order valence-corrected chi connectivity index (χ3v) is 3.24. The van der Waals surface area contributed by atoms with Gasteiger partial charge in [0.2, 0.25) is 5.78 Å². The van der Waals surface area contributed by atoms with E-state index in [-0.39, 0.29) is 18.9 Å². The maximum absolute atomic E-state index is 12.1. The molecule has 0 aromatic carbocycles. The lowest BCUT2D eigenvalue weighted by Crippen LogP contribution is -2.19. The van der Waals surface area contributed by atoms with Gasteiger partial charge in [-0.3, -0.25) is 9.59 Å². The minimum Gasteiger partial charge on any atom is -0.456 e. The normalized spacial score (nSPS) is 10.6. The average Bonchev–Trinajstić information content (AvgIpc) is 3.04. The van der Waals surface area contributed by atoms with E-state index < -0.39 is 5.97 Å². The number of nitrogens with zero attached hydrogens (tertiary/aromatic N) is 5. The Balaban J connectivity index is 1.94. The van der Waals surface area contributed by atoms with Crippen LogP contribution in [0.25, 0.3) is 0 Å². The molecule has 0 unspecified atom stereocenters. The Bertz CT molecular complexity index is 645. The number of aryl methyl sites for hydroxylation is 1. The molecule has 2 aromatic rings. The fourth-order valence-electron chi connectivity index (χ4n) is 2.22. The molecule has 0 N–H and O–H groups in total. The first kappa shape index (κ1) is 14.9. The summed E-state index contributed by atoms with van der Waals surface area (Å²) in [5.41, 5.74) is 2.49. The van der Waals surface area contributed by atoms with Gasteiger partial charge in [0.1, 0.15) is 12.9 Å². The van der Waals surface area contributed by atoms with E-state index in [1.807, 2.05) is 31.4 Å². The SMILES string of the molecule is CCn1c(C)cc(C(=O)COC(=O)Cn2cnnn2)c1C. The Labute approximate surface area is 121 Å². The van der Waals surface area contributed by atoms with Crippen LogP contribution in [0.15, 0.2) is 12.4 Å². The van der Waals surface area contributed by atoms with E-state index in [2.05, 4.69) is 15.5 Å². The molecule has 0 spiro atoms. The average molecular weight is 291 g/mol. The van der Waals surface area contributed by atoms with Crippen molar-refractivity contribution in [2.24, 2.45) is 0 Å². The van der Waals surface area contributed by atoms with Crippen molar-refractivity contribution >= 4 is 11.8 Å². The van der Waals surface area contributed by atoms with Gasteiger partial charge in [0.05, 0.1) is 0 Å². The quantitative estimate of drug-likeness (QED) is 0.569. The van der Waals surface area contributed by atoms with E-state index in [1.165, 1.54) is 11.0 Å². The highest BCUT2D eigenvalue weighted by Crippen LogP contribution is 2.15. The van der Waals surface area contributed by atoms with Crippen molar-refractivity contribution in [2.75, 3.05) is 6.61 Å². The molecule has 112 valence electrons. The standard InChI is InChI=1S/C13H17N5O3/c1-4-18-9(2)5-11(10(18)3)12(19)7-21-13(20)6-17-8-14-15-16-17/h5,8H,4,6-7H2,1-3H3. The summed E-state index contributed by atoms with van der Waals surface area (Å²) >= 11 is 0. The number of hydrogen-bond acceptors (Lipinski definition) is 6. The first-order valence-electron chi connectivity index (χ1n) is 6.59. The van der Waals surface area contributed by atoms with Crippen LogP contribution in [-0.2, 0) is 22.6 Å². The Kier molecular flexibility index (Phi) is 4.46. The van der Waals surface area contributed by atoms with E-state index in [0.29, 0.717) is 5.56 Å². The summed E-state index contributed by atoms with van der Waals surface area (Å²) in [4.78, 5) is 23.7. The topological polar surface area (TPSA) is 91.9 Å². The van der Waals surface area contributed by atoms with Gasteiger partial charge in [0, 0.05) is 23.5 Å². The van der Waals surface area contributed by atoms with Crippen molar-refractivity contribution < 1.29 is 14.3 Å². The Hall–Kier alpha value is -2.51. The van der Waals surface area contributed by atoms with Crippen LogP contribution >= 0.6 is 0 Å². The van der Waals surface area contributed by atoms with Crippen LogP contribution in [0.2, 0.25) is 0 Å². The van der Waals surface area contributed by atoms with Crippen molar-refractivity contribution in [3.63, 3.8) is 0 Å². The summed E-state index contributed by atoms with van der Waals surface area (Å²) in [5.74, 6) is -0.771. The summed E-state index contributed by atoms with van der Waals surface area (Å²) in [5, 5.41) is 10.4. The van der Waals surface area contributed by atoms with Crippen LogP contribution in [-0.4, -0.2) is 43.1 Å². The lowest BCUT2D eigenvalue weighted by Gasteiger charge is -2.06. The summed E-state index contributed by atoms with van der Waals surface area (Å²) in [6.45, 7) is 6.23. The molecule has 0 saturated heterocycles. The van der Waals surface area contributed by atoms with Gasteiger partial charge in [-0.2, -0.15) is 0 Å². The van der Waals surface area contributed by atoms with Gasteiger partial charge < -0.3 is 9.30 Å². The molecule has 0 aliphatic rings. The number of tetrazole rings is 1. The first-order valence-corrected chi connectivity index (χ1v) is 6.59. The zero-order valence-electron chi connectivity index (χ0n) is 12.2. The zero-order valence-corrected chi connectivity index (χ0v) is 12.2. The predicted octanol–water partition coefficient (Wildman–Crippen LogP) is 0.537. The number of ketones is 1. The second-order valence-electron chi connectivity index (χ2n) is 4.62. The van der Waals surface area contributed by atoms with Gasteiger partial charge in [-0.15, -0.1) is 5.10 Å². The second-order valence-corrected chi connectivity index (χ2v) is 4.62. The molecule has 0 bridgehead atoms. The van der Waals surface area contributed by atoms with Gasteiger partial charge in [0.25, 0.3) is 0 Å². The number of rotatable bonds is 6. The van der Waals surface area contributed by atoms with E-state index in [4.69, 9.17) is 4.74 Å². The number of carbonyl (C=O) groups is 2. The molecule has 0 aliphatic carbocycles. The fraction of sp³-hybridized carbons (Fsp3) is 0.462. The van der Waals surface area contributed by atoms with Crippen molar-refractivity contribution in [3.8, 4) is 0 Å². The predicted molar refractivity (Wildman–Crippen MR) is 72.7 cm³/mol. The summed E-state index contributed by atoms with van der Waals surface area (Å²) in [6, 6.07) is 1.82. The molecule has 0 amide bonds. The van der Waals surface area contributed by atoms with E-state index in [9.17, 15) is 9.59 Å². The zero-order chi connectivity index (χ0) is 15.4. The third kappa shape index (κ3) is 3.33. The molecule has 0 saturated carbocycles. The van der Waals surface area contributed by atoms with E-state index >= 15 is 0 Å². The lowest BCUT2D eigenvalue weighted by molar-refractivity contribution is -0.143. The molecule has 2 rings (SSSR count). The van der Waals surface area contributed by atoms with Crippen molar-refractivity contribution in [1.29, 1.82) is 0 Å². The number of aromatic nitrogens is 5. The number of ether oxygens (including phenoxy) is 1. The largest absolute Gasteiger partial charge is 0.456 e. The molecule has 0 radical (unpaired) electrons. The van der Waals surface area contributed by atoms with Crippen molar-refractivity contribution in [3.05, 3.63) is 29.3 Å². The van der Waals surface area contributed by atoms with Crippen LogP contribution in [0.1, 0.15) is 28.7 Å². The summed E-state index contributed by atoms with van der Waals surface area (Å²) < 4.78 is 8.22. The van der Waals surface area contributed by atoms with Crippen LogP contribution in [0.4, 0.5) is 0 Å². The van der Waals surface area contributed by atoms with E-state index in [0.717, 1.165) is 17.9 Å². The molecular weight excluding hydrogens is 274 g/mol. The van der Waals surface area contributed by atoms with Gasteiger partial charge in [-0.05, 0) is 37.3 Å². The van der Waals surface area contributed by atoms with Gasteiger partial charge in [0.15, 0.2) is 6.61 Å². The molecule has 2 aromatic heterocycles. The van der Waals surface area contributed by atoms with Crippen molar-refractivity contribution in [1.82, 2.24) is 24.8 Å². The van der Waals surface area contributed by atoms with Gasteiger partial charge in [-0.25, -0.2) is 4.68 Å². The Morgan fingerprint density at radius 1 is 1.33 bits per heavy atom. The maximum atomic E-state index is 12.1.